The molecule has 1 aromatic carbocycles. The Morgan fingerprint density at radius 3 is 2.62 bits per heavy atom. The molecule has 0 saturated heterocycles. The molecule has 0 saturated carbocycles. The predicted molar refractivity (Wildman–Crippen MR) is 76.8 cm³/mol. The molecule has 0 aliphatic heterocycles. The monoisotopic (exact) mass is 305 g/mol. The first-order valence-electron chi connectivity index (χ1n) is 6.05. The van der Waals surface area contributed by atoms with Crippen LogP contribution in [0.4, 0.5) is 4.39 Å². The largest absolute Gasteiger partial charge is 0.269 e. The molecule has 0 aliphatic carbocycles. The van der Waals surface area contributed by atoms with E-state index in [0.29, 0.717) is 10.7 Å². The summed E-state index contributed by atoms with van der Waals surface area (Å²) < 4.78 is 15.7. The lowest BCUT2D eigenvalue weighted by molar-refractivity contribution is 0.548. The fourth-order valence-electron chi connectivity index (χ4n) is 2.10. The van der Waals surface area contributed by atoms with Gasteiger partial charge in [-0.15, -0.1) is 0 Å². The van der Waals surface area contributed by atoms with Gasteiger partial charge in [0.1, 0.15) is 0 Å². The van der Waals surface area contributed by atoms with Crippen LogP contribution in [0.3, 0.4) is 0 Å². The van der Waals surface area contributed by atoms with E-state index >= 15 is 0 Å². The van der Waals surface area contributed by atoms with Gasteiger partial charge in [0.2, 0.25) is 11.7 Å². The van der Waals surface area contributed by atoms with Gasteiger partial charge < -0.3 is 0 Å². The third kappa shape index (κ3) is 2.13. The highest BCUT2D eigenvalue weighted by Gasteiger charge is 2.13. The molecular weight excluding hydrogens is 297 g/mol. The lowest BCUT2D eigenvalue weighted by Gasteiger charge is -2.11. The molecule has 0 spiro atoms. The van der Waals surface area contributed by atoms with E-state index in [2.05, 4.69) is 4.98 Å². The highest BCUT2D eigenvalue weighted by molar-refractivity contribution is 6.31. The first kappa shape index (κ1) is 13.5. The molecule has 0 aliphatic rings. The number of halogens is 2. The number of rotatable bonds is 1. The molecule has 0 radical (unpaired) electrons. The average Bonchev–Trinajstić information content (AvgIpc) is 2.42. The minimum atomic E-state index is -0.949. The summed E-state index contributed by atoms with van der Waals surface area (Å²) in [6, 6.07) is 6.77. The number of aryl methyl sites for hydroxylation is 1. The van der Waals surface area contributed by atoms with Crippen molar-refractivity contribution in [3.63, 3.8) is 0 Å². The van der Waals surface area contributed by atoms with E-state index < -0.39 is 17.1 Å². The summed E-state index contributed by atoms with van der Waals surface area (Å²) in [6.45, 7) is 1.78. The molecule has 2 heterocycles. The topological polar surface area (TPSA) is 56.4 Å². The second-order valence-corrected chi connectivity index (χ2v) is 4.90. The van der Waals surface area contributed by atoms with Gasteiger partial charge in [-0.1, -0.05) is 11.6 Å². The molecule has 2 aromatic heterocycles. The first-order chi connectivity index (χ1) is 9.99. The lowest BCUT2D eigenvalue weighted by atomic mass is 10.2. The van der Waals surface area contributed by atoms with Crippen LogP contribution in [0.15, 0.2) is 46.1 Å². The lowest BCUT2D eigenvalue weighted by Crippen LogP contribution is -2.28. The van der Waals surface area contributed by atoms with E-state index in [1.807, 2.05) is 0 Å². The Morgan fingerprint density at radius 1 is 1.14 bits per heavy atom. The van der Waals surface area contributed by atoms with Crippen molar-refractivity contribution in [2.75, 3.05) is 0 Å². The molecule has 3 rings (SSSR count). The van der Waals surface area contributed by atoms with Crippen LogP contribution in [0.2, 0.25) is 5.02 Å². The fraction of sp³-hybridized carbons (Fsp3) is 0.0714. The Kier molecular flexibility index (Phi) is 3.10. The summed E-state index contributed by atoms with van der Waals surface area (Å²) in [7, 11) is 0. The smallest absolute Gasteiger partial charge is 0.262 e. The summed E-state index contributed by atoms with van der Waals surface area (Å²) in [5.74, 6) is -1.04. The van der Waals surface area contributed by atoms with Crippen LogP contribution in [0.1, 0.15) is 5.56 Å². The van der Waals surface area contributed by atoms with Gasteiger partial charge in [-0.05, 0) is 30.7 Å². The van der Waals surface area contributed by atoms with E-state index in [9.17, 15) is 14.0 Å². The van der Waals surface area contributed by atoms with Crippen LogP contribution in [0.25, 0.3) is 11.5 Å². The Hall–Kier alpha value is -2.47. The summed E-state index contributed by atoms with van der Waals surface area (Å²) >= 11 is 5.96. The van der Waals surface area contributed by atoms with Crippen molar-refractivity contribution in [1.82, 2.24) is 14.0 Å². The zero-order chi connectivity index (χ0) is 15.1. The molecule has 0 amide bonds. The van der Waals surface area contributed by atoms with Crippen molar-refractivity contribution in [1.29, 1.82) is 0 Å². The summed E-state index contributed by atoms with van der Waals surface area (Å²) in [6.07, 6.45) is 1.23. The normalized spacial score (nSPS) is 11.0. The number of hydrogen-bond acceptors (Lipinski definition) is 3. The number of aromatic nitrogens is 3. The Bertz CT molecular complexity index is 978. The van der Waals surface area contributed by atoms with Gasteiger partial charge in [-0.3, -0.25) is 9.59 Å². The van der Waals surface area contributed by atoms with Crippen molar-refractivity contribution in [3.05, 3.63) is 73.8 Å². The van der Waals surface area contributed by atoms with Crippen LogP contribution in [0.5, 0.6) is 0 Å². The van der Waals surface area contributed by atoms with Crippen molar-refractivity contribution < 1.29 is 4.39 Å². The number of benzene rings is 1. The third-order valence-corrected chi connectivity index (χ3v) is 3.53. The molecule has 0 bridgehead atoms. The maximum absolute atomic E-state index is 13.8. The van der Waals surface area contributed by atoms with Gasteiger partial charge in [-0.2, -0.15) is 4.39 Å². The average molecular weight is 306 g/mol. The van der Waals surface area contributed by atoms with Crippen molar-refractivity contribution in [3.8, 4) is 5.69 Å². The summed E-state index contributed by atoms with van der Waals surface area (Å²) in [4.78, 5) is 27.8. The van der Waals surface area contributed by atoms with Gasteiger partial charge in [0.25, 0.3) is 11.1 Å². The van der Waals surface area contributed by atoms with Gasteiger partial charge in [0, 0.05) is 17.3 Å². The Labute approximate surface area is 122 Å². The zero-order valence-corrected chi connectivity index (χ0v) is 11.6. The molecule has 0 N–H and O–H groups in total. The zero-order valence-electron chi connectivity index (χ0n) is 10.9. The minimum absolute atomic E-state index is 0.0887. The van der Waals surface area contributed by atoms with Crippen LogP contribution in [0, 0.1) is 12.9 Å². The Balaban J connectivity index is 2.48. The van der Waals surface area contributed by atoms with Crippen LogP contribution < -0.4 is 11.1 Å². The molecule has 21 heavy (non-hydrogen) atoms. The second-order valence-electron chi connectivity index (χ2n) is 4.49. The van der Waals surface area contributed by atoms with E-state index in [1.165, 1.54) is 6.20 Å². The highest BCUT2D eigenvalue weighted by atomic mass is 35.5. The maximum Gasteiger partial charge on any atom is 0.262 e. The third-order valence-electron chi connectivity index (χ3n) is 3.10. The molecule has 5 nitrogen and oxygen atoms in total. The van der Waals surface area contributed by atoms with E-state index in [0.717, 1.165) is 26.7 Å². The molecule has 0 atom stereocenters. The van der Waals surface area contributed by atoms with Crippen molar-refractivity contribution in [2.24, 2.45) is 0 Å². The van der Waals surface area contributed by atoms with Gasteiger partial charge in [0.05, 0.1) is 11.8 Å². The number of hydrogen-bond donors (Lipinski definition) is 0. The molecule has 3 aromatic rings. The fourth-order valence-corrected chi connectivity index (χ4v) is 2.21. The van der Waals surface area contributed by atoms with Gasteiger partial charge in [-0.25, -0.2) is 14.0 Å². The quantitative estimate of drug-likeness (QED) is 0.646. The van der Waals surface area contributed by atoms with Gasteiger partial charge in [0.15, 0.2) is 0 Å². The van der Waals surface area contributed by atoms with Crippen molar-refractivity contribution >= 4 is 17.4 Å². The predicted octanol–water partition coefficient (Wildman–Crippen LogP) is 1.95. The molecule has 0 unspecified atom stereocenters. The maximum atomic E-state index is 13.8. The molecule has 106 valence electrons. The standard InChI is InChI=1S/C14H9ClFN3O2/c1-8-6-9(2-3-10(8)15)18-13(21)7-11(16)19-12(20)4-5-17-14(18)19/h2-7H,1H3. The summed E-state index contributed by atoms with van der Waals surface area (Å²) in [5, 5.41) is 0.545. The summed E-state index contributed by atoms with van der Waals surface area (Å²) in [5.41, 5.74) is -0.0106. The first-order valence-corrected chi connectivity index (χ1v) is 6.43. The highest BCUT2D eigenvalue weighted by Crippen LogP contribution is 2.18. The second kappa shape index (κ2) is 4.82. The van der Waals surface area contributed by atoms with E-state index in [4.69, 9.17) is 11.6 Å². The van der Waals surface area contributed by atoms with Crippen LogP contribution in [-0.2, 0) is 0 Å². The number of fused-ring (bicyclic) bond motifs is 1. The van der Waals surface area contributed by atoms with Crippen LogP contribution >= 0.6 is 11.6 Å². The van der Waals surface area contributed by atoms with E-state index in [-0.39, 0.29) is 5.78 Å². The van der Waals surface area contributed by atoms with Crippen LogP contribution in [-0.4, -0.2) is 14.0 Å². The Morgan fingerprint density at radius 2 is 1.90 bits per heavy atom. The SMILES string of the molecule is Cc1cc(-n2c(=O)cc(F)n3c(=O)ccnc23)ccc1Cl. The number of nitrogens with zero attached hydrogens (tertiary/aromatic N) is 3. The molecule has 0 fully saturated rings. The molecule has 7 heteroatoms. The van der Waals surface area contributed by atoms with Gasteiger partial charge >= 0.3 is 0 Å². The van der Waals surface area contributed by atoms with E-state index in [1.54, 1.807) is 25.1 Å². The minimum Gasteiger partial charge on any atom is -0.269 e. The van der Waals surface area contributed by atoms with Crippen molar-refractivity contribution in [2.45, 2.75) is 6.92 Å². The molecular formula is C14H9ClFN3O2.